The van der Waals surface area contributed by atoms with Crippen LogP contribution in [0, 0.1) is 15.5 Å². The van der Waals surface area contributed by atoms with E-state index in [1.807, 2.05) is 0 Å². The minimum absolute atomic E-state index is 0.00732. The van der Waals surface area contributed by atoms with Gasteiger partial charge in [-0.2, -0.15) is 0 Å². The largest absolute Gasteiger partial charge is 0.480 e. The van der Waals surface area contributed by atoms with E-state index in [1.165, 1.54) is 17.1 Å². The molecule has 0 spiro atoms. The van der Waals surface area contributed by atoms with Crippen LogP contribution in [0.25, 0.3) is 0 Å². The molecule has 1 aromatic rings. The fraction of sp³-hybridized carbons (Fsp3) is 0.583. The Morgan fingerprint density at radius 3 is 2.57 bits per heavy atom. The van der Waals surface area contributed by atoms with Crippen molar-refractivity contribution in [1.29, 1.82) is 0 Å². The molecule has 116 valence electrons. The summed E-state index contributed by atoms with van der Waals surface area (Å²) in [4.78, 5) is 36.3. The number of carbonyl (C=O) groups is 2. The third kappa shape index (κ3) is 4.86. The van der Waals surface area contributed by atoms with E-state index >= 15 is 0 Å². The van der Waals surface area contributed by atoms with Crippen LogP contribution in [0.4, 0.5) is 5.82 Å². The molecule has 0 aliphatic rings. The standard InChI is InChI=1S/C12H18N4O5/c1-12(2,3)10(11(18)19)14-9(17)4-5-15-6-8(13-7-15)16(20)21/h6-7,10H,4-5H2,1-3H3,(H,14,17)(H,18,19). The second-order valence-corrected chi connectivity index (χ2v) is 5.68. The Bertz CT molecular complexity index is 546. The van der Waals surface area contributed by atoms with Gasteiger partial charge in [-0.05, 0) is 15.3 Å². The molecule has 9 nitrogen and oxygen atoms in total. The summed E-state index contributed by atoms with van der Waals surface area (Å²) >= 11 is 0. The van der Waals surface area contributed by atoms with Gasteiger partial charge in [0, 0.05) is 13.0 Å². The Labute approximate surface area is 121 Å². The molecule has 1 amide bonds. The zero-order valence-corrected chi connectivity index (χ0v) is 12.1. The minimum atomic E-state index is -1.10. The molecule has 1 atom stereocenters. The molecule has 0 aliphatic carbocycles. The van der Waals surface area contributed by atoms with Crippen molar-refractivity contribution >= 4 is 17.7 Å². The molecule has 0 saturated heterocycles. The van der Waals surface area contributed by atoms with Gasteiger partial charge in [0.25, 0.3) is 0 Å². The summed E-state index contributed by atoms with van der Waals surface area (Å²) in [5, 5.41) is 22.0. The quantitative estimate of drug-likeness (QED) is 0.590. The minimum Gasteiger partial charge on any atom is -0.480 e. The fourth-order valence-electron chi connectivity index (χ4n) is 1.68. The molecular formula is C12H18N4O5. The Morgan fingerprint density at radius 2 is 2.14 bits per heavy atom. The predicted molar refractivity (Wildman–Crippen MR) is 72.5 cm³/mol. The lowest BCUT2D eigenvalue weighted by Gasteiger charge is -2.27. The number of aliphatic carboxylic acids is 1. The second kappa shape index (κ2) is 6.33. The maximum atomic E-state index is 11.8. The van der Waals surface area contributed by atoms with Crippen LogP contribution in [0.3, 0.4) is 0 Å². The Balaban J connectivity index is 2.57. The van der Waals surface area contributed by atoms with E-state index in [9.17, 15) is 19.7 Å². The molecule has 9 heteroatoms. The first-order valence-corrected chi connectivity index (χ1v) is 6.29. The number of nitrogens with zero attached hydrogens (tertiary/aromatic N) is 3. The van der Waals surface area contributed by atoms with Crippen molar-refractivity contribution in [3.05, 3.63) is 22.6 Å². The third-order valence-electron chi connectivity index (χ3n) is 2.82. The number of hydrogen-bond donors (Lipinski definition) is 2. The van der Waals surface area contributed by atoms with Crippen LogP contribution in [0.15, 0.2) is 12.5 Å². The number of nitro groups is 1. The van der Waals surface area contributed by atoms with Crippen LogP contribution in [0.5, 0.6) is 0 Å². The van der Waals surface area contributed by atoms with E-state index in [1.54, 1.807) is 20.8 Å². The van der Waals surface area contributed by atoms with Gasteiger partial charge in [-0.15, -0.1) is 0 Å². The molecule has 1 unspecified atom stereocenters. The van der Waals surface area contributed by atoms with E-state index in [-0.39, 0.29) is 18.8 Å². The average Bonchev–Trinajstić information content (AvgIpc) is 2.80. The lowest BCUT2D eigenvalue weighted by molar-refractivity contribution is -0.389. The summed E-state index contributed by atoms with van der Waals surface area (Å²) in [6.07, 6.45) is 2.48. The maximum absolute atomic E-state index is 11.8. The Hall–Kier alpha value is -2.45. The van der Waals surface area contributed by atoms with Gasteiger partial charge in [-0.1, -0.05) is 20.8 Å². The van der Waals surface area contributed by atoms with Crippen molar-refractivity contribution in [3.63, 3.8) is 0 Å². The van der Waals surface area contributed by atoms with E-state index < -0.39 is 28.3 Å². The maximum Gasteiger partial charge on any atom is 0.381 e. The highest BCUT2D eigenvalue weighted by atomic mass is 16.6. The molecule has 0 radical (unpaired) electrons. The first-order chi connectivity index (χ1) is 9.61. The highest BCUT2D eigenvalue weighted by molar-refractivity contribution is 5.84. The highest BCUT2D eigenvalue weighted by Crippen LogP contribution is 2.19. The van der Waals surface area contributed by atoms with Gasteiger partial charge in [0.1, 0.15) is 12.2 Å². The average molecular weight is 298 g/mol. The van der Waals surface area contributed by atoms with Crippen LogP contribution in [-0.4, -0.2) is 37.5 Å². The van der Waals surface area contributed by atoms with Crippen molar-refractivity contribution in [2.45, 2.75) is 39.8 Å². The molecule has 21 heavy (non-hydrogen) atoms. The summed E-state index contributed by atoms with van der Waals surface area (Å²) in [6, 6.07) is -0.998. The van der Waals surface area contributed by atoms with Crippen molar-refractivity contribution in [2.75, 3.05) is 0 Å². The molecule has 0 aliphatic heterocycles. The van der Waals surface area contributed by atoms with Crippen LogP contribution in [0.2, 0.25) is 0 Å². The van der Waals surface area contributed by atoms with Gasteiger partial charge in [-0.3, -0.25) is 4.79 Å². The van der Waals surface area contributed by atoms with Crippen LogP contribution < -0.4 is 5.32 Å². The summed E-state index contributed by atoms with van der Waals surface area (Å²) < 4.78 is 1.41. The molecule has 1 heterocycles. The zero-order chi connectivity index (χ0) is 16.2. The number of amides is 1. The normalized spacial score (nSPS) is 12.7. The zero-order valence-electron chi connectivity index (χ0n) is 12.1. The number of aromatic nitrogens is 2. The summed E-state index contributed by atoms with van der Waals surface area (Å²) in [7, 11) is 0. The van der Waals surface area contributed by atoms with Gasteiger partial charge >= 0.3 is 11.8 Å². The molecule has 0 bridgehead atoms. The van der Waals surface area contributed by atoms with Crippen LogP contribution in [-0.2, 0) is 16.1 Å². The van der Waals surface area contributed by atoms with Gasteiger partial charge in [0.05, 0.1) is 0 Å². The lowest BCUT2D eigenvalue weighted by atomic mass is 9.86. The van der Waals surface area contributed by atoms with E-state index in [0.717, 1.165) is 0 Å². The smallest absolute Gasteiger partial charge is 0.381 e. The van der Waals surface area contributed by atoms with E-state index in [2.05, 4.69) is 10.3 Å². The lowest BCUT2D eigenvalue weighted by Crippen LogP contribution is -2.49. The third-order valence-corrected chi connectivity index (χ3v) is 2.82. The van der Waals surface area contributed by atoms with Crippen molar-refractivity contribution < 1.29 is 19.6 Å². The Kier molecular flexibility index (Phi) is 5.01. The highest BCUT2D eigenvalue weighted by Gasteiger charge is 2.32. The molecule has 0 saturated carbocycles. The number of hydrogen-bond acceptors (Lipinski definition) is 5. The number of rotatable bonds is 6. The molecular weight excluding hydrogens is 280 g/mol. The number of carboxylic acid groups (broad SMARTS) is 1. The van der Waals surface area contributed by atoms with Crippen LogP contribution in [0.1, 0.15) is 27.2 Å². The predicted octanol–water partition coefficient (Wildman–Crippen LogP) is 0.797. The van der Waals surface area contributed by atoms with Gasteiger partial charge < -0.3 is 25.1 Å². The summed E-state index contributed by atoms with van der Waals surface area (Å²) in [6.45, 7) is 5.32. The SMILES string of the molecule is CC(C)(C)C(NC(=O)CCn1cnc([N+](=O)[O-])c1)C(=O)O. The number of imidazole rings is 1. The topological polar surface area (TPSA) is 127 Å². The molecule has 1 aromatic heterocycles. The molecule has 1 rings (SSSR count). The molecule has 0 fully saturated rings. The van der Waals surface area contributed by atoms with E-state index in [0.29, 0.717) is 0 Å². The van der Waals surface area contributed by atoms with Gasteiger partial charge in [-0.25, -0.2) is 4.79 Å². The number of aryl methyl sites for hydroxylation is 1. The second-order valence-electron chi connectivity index (χ2n) is 5.68. The van der Waals surface area contributed by atoms with Crippen LogP contribution >= 0.6 is 0 Å². The summed E-state index contributed by atoms with van der Waals surface area (Å²) in [5.74, 6) is -1.84. The van der Waals surface area contributed by atoms with Crippen molar-refractivity contribution in [3.8, 4) is 0 Å². The fourth-order valence-corrected chi connectivity index (χ4v) is 1.68. The number of carbonyl (C=O) groups excluding carboxylic acids is 1. The number of nitrogens with one attached hydrogen (secondary N) is 1. The van der Waals surface area contributed by atoms with Gasteiger partial charge in [0.15, 0.2) is 0 Å². The summed E-state index contributed by atoms with van der Waals surface area (Å²) in [5.41, 5.74) is -0.616. The van der Waals surface area contributed by atoms with E-state index in [4.69, 9.17) is 5.11 Å². The van der Waals surface area contributed by atoms with Crippen molar-refractivity contribution in [1.82, 2.24) is 14.9 Å². The first-order valence-electron chi connectivity index (χ1n) is 6.29. The molecule has 0 aromatic carbocycles. The van der Waals surface area contributed by atoms with Crippen molar-refractivity contribution in [2.24, 2.45) is 5.41 Å². The first kappa shape index (κ1) is 16.6. The molecule has 2 N–H and O–H groups in total. The number of carboxylic acids is 1. The Morgan fingerprint density at radius 1 is 1.52 bits per heavy atom. The van der Waals surface area contributed by atoms with Gasteiger partial charge in [0.2, 0.25) is 12.2 Å². The monoisotopic (exact) mass is 298 g/mol.